The predicted octanol–water partition coefficient (Wildman–Crippen LogP) is 4.44. The smallest absolute Gasteiger partial charge is 0.123 e. The lowest BCUT2D eigenvalue weighted by molar-refractivity contribution is 0.309. The van der Waals surface area contributed by atoms with E-state index in [0.717, 1.165) is 24.9 Å². The van der Waals surface area contributed by atoms with E-state index >= 15 is 0 Å². The highest BCUT2D eigenvalue weighted by atomic mass is 35.5. The quantitative estimate of drug-likeness (QED) is 0.835. The molecular formula is C15H23ClFN. The van der Waals surface area contributed by atoms with Crippen molar-refractivity contribution >= 4 is 11.6 Å². The second-order valence-corrected chi connectivity index (χ2v) is 6.37. The molecule has 0 aliphatic rings. The molecule has 3 heteroatoms. The molecule has 0 saturated carbocycles. The summed E-state index contributed by atoms with van der Waals surface area (Å²) < 4.78 is 13.2. The van der Waals surface area contributed by atoms with E-state index in [2.05, 4.69) is 33.0 Å². The van der Waals surface area contributed by atoms with Crippen LogP contribution in [0.2, 0.25) is 5.02 Å². The van der Waals surface area contributed by atoms with Crippen LogP contribution in [0.4, 0.5) is 4.39 Å². The van der Waals surface area contributed by atoms with E-state index in [9.17, 15) is 4.39 Å². The molecule has 0 aromatic heterocycles. The SMILES string of the molecule is CCNC(Cc1cc(F)ccc1Cl)CC(C)(C)C. The lowest BCUT2D eigenvalue weighted by Gasteiger charge is -2.27. The second kappa shape index (κ2) is 6.53. The highest BCUT2D eigenvalue weighted by Crippen LogP contribution is 2.25. The summed E-state index contributed by atoms with van der Waals surface area (Å²) in [6, 6.07) is 4.90. The molecule has 102 valence electrons. The summed E-state index contributed by atoms with van der Waals surface area (Å²) in [7, 11) is 0. The van der Waals surface area contributed by atoms with Crippen molar-refractivity contribution in [2.75, 3.05) is 6.54 Å². The Morgan fingerprint density at radius 2 is 2.00 bits per heavy atom. The minimum atomic E-state index is -0.222. The first-order valence-electron chi connectivity index (χ1n) is 6.49. The average molecular weight is 272 g/mol. The first-order chi connectivity index (χ1) is 8.31. The summed E-state index contributed by atoms with van der Waals surface area (Å²) in [6.45, 7) is 9.64. The molecule has 0 aliphatic heterocycles. The number of rotatable bonds is 5. The van der Waals surface area contributed by atoms with Gasteiger partial charge in [0.2, 0.25) is 0 Å². The van der Waals surface area contributed by atoms with E-state index in [1.54, 1.807) is 6.07 Å². The Hall–Kier alpha value is -0.600. The fourth-order valence-corrected chi connectivity index (χ4v) is 2.40. The third kappa shape index (κ3) is 5.36. The summed E-state index contributed by atoms with van der Waals surface area (Å²) in [5, 5.41) is 4.10. The van der Waals surface area contributed by atoms with E-state index < -0.39 is 0 Å². The van der Waals surface area contributed by atoms with Gasteiger partial charge in [-0.05, 0) is 48.6 Å². The molecule has 1 N–H and O–H groups in total. The highest BCUT2D eigenvalue weighted by Gasteiger charge is 2.19. The van der Waals surface area contributed by atoms with Crippen molar-refractivity contribution in [3.8, 4) is 0 Å². The number of nitrogens with one attached hydrogen (secondary N) is 1. The molecule has 1 rings (SSSR count). The van der Waals surface area contributed by atoms with Gasteiger partial charge in [-0.2, -0.15) is 0 Å². The van der Waals surface area contributed by atoms with Gasteiger partial charge in [0, 0.05) is 11.1 Å². The molecule has 1 unspecified atom stereocenters. The summed E-state index contributed by atoms with van der Waals surface area (Å²) in [6.07, 6.45) is 1.80. The molecule has 1 aromatic rings. The Morgan fingerprint density at radius 3 is 2.56 bits per heavy atom. The van der Waals surface area contributed by atoms with Gasteiger partial charge in [0.05, 0.1) is 0 Å². The third-order valence-corrected chi connectivity index (χ3v) is 3.19. The largest absolute Gasteiger partial charge is 0.314 e. The maximum Gasteiger partial charge on any atom is 0.123 e. The van der Waals surface area contributed by atoms with E-state index in [1.807, 2.05) is 0 Å². The van der Waals surface area contributed by atoms with Crippen molar-refractivity contribution in [3.63, 3.8) is 0 Å². The molecule has 0 saturated heterocycles. The van der Waals surface area contributed by atoms with Crippen LogP contribution >= 0.6 is 11.6 Å². The molecule has 0 radical (unpaired) electrons. The summed E-state index contributed by atoms with van der Waals surface area (Å²) in [5.41, 5.74) is 1.12. The number of benzene rings is 1. The van der Waals surface area contributed by atoms with Gasteiger partial charge in [-0.1, -0.05) is 39.3 Å². The van der Waals surface area contributed by atoms with E-state index in [-0.39, 0.29) is 11.2 Å². The Labute approximate surface area is 115 Å². The molecule has 1 nitrogen and oxygen atoms in total. The maximum absolute atomic E-state index is 13.2. The summed E-state index contributed by atoms with van der Waals surface area (Å²) >= 11 is 6.12. The van der Waals surface area contributed by atoms with Gasteiger partial charge in [-0.25, -0.2) is 4.39 Å². The topological polar surface area (TPSA) is 12.0 Å². The Balaban J connectivity index is 2.79. The number of hydrogen-bond acceptors (Lipinski definition) is 1. The average Bonchev–Trinajstić information content (AvgIpc) is 2.21. The lowest BCUT2D eigenvalue weighted by Crippen LogP contribution is -2.34. The molecule has 0 spiro atoms. The van der Waals surface area contributed by atoms with Crippen LogP contribution in [-0.2, 0) is 6.42 Å². The van der Waals surface area contributed by atoms with Crippen molar-refractivity contribution in [2.45, 2.75) is 46.6 Å². The number of hydrogen-bond donors (Lipinski definition) is 1. The molecule has 1 atom stereocenters. The fraction of sp³-hybridized carbons (Fsp3) is 0.600. The molecule has 0 amide bonds. The van der Waals surface area contributed by atoms with E-state index in [1.165, 1.54) is 12.1 Å². The van der Waals surface area contributed by atoms with Gasteiger partial charge in [-0.3, -0.25) is 0 Å². The van der Waals surface area contributed by atoms with Crippen molar-refractivity contribution in [1.82, 2.24) is 5.32 Å². The minimum Gasteiger partial charge on any atom is -0.314 e. The van der Waals surface area contributed by atoms with Crippen LogP contribution in [0.25, 0.3) is 0 Å². The summed E-state index contributed by atoms with van der Waals surface area (Å²) in [4.78, 5) is 0. The molecule has 0 bridgehead atoms. The van der Waals surface area contributed by atoms with Gasteiger partial charge < -0.3 is 5.32 Å². The molecule has 0 fully saturated rings. The van der Waals surface area contributed by atoms with Crippen LogP contribution in [0.5, 0.6) is 0 Å². The van der Waals surface area contributed by atoms with E-state index in [4.69, 9.17) is 11.6 Å². The monoisotopic (exact) mass is 271 g/mol. The van der Waals surface area contributed by atoms with Crippen LogP contribution in [0, 0.1) is 11.2 Å². The lowest BCUT2D eigenvalue weighted by atomic mass is 9.86. The molecular weight excluding hydrogens is 249 g/mol. The highest BCUT2D eigenvalue weighted by molar-refractivity contribution is 6.31. The van der Waals surface area contributed by atoms with Gasteiger partial charge in [0.15, 0.2) is 0 Å². The van der Waals surface area contributed by atoms with Crippen LogP contribution in [0.3, 0.4) is 0 Å². The molecule has 0 heterocycles. The Kier molecular flexibility index (Phi) is 5.61. The van der Waals surface area contributed by atoms with Crippen LogP contribution in [-0.4, -0.2) is 12.6 Å². The normalized spacial score (nSPS) is 13.7. The zero-order chi connectivity index (χ0) is 13.8. The van der Waals surface area contributed by atoms with Crippen molar-refractivity contribution < 1.29 is 4.39 Å². The van der Waals surface area contributed by atoms with Crippen molar-refractivity contribution in [1.29, 1.82) is 0 Å². The van der Waals surface area contributed by atoms with Crippen molar-refractivity contribution in [2.24, 2.45) is 5.41 Å². The molecule has 1 aromatic carbocycles. The second-order valence-electron chi connectivity index (χ2n) is 5.96. The minimum absolute atomic E-state index is 0.222. The Bertz CT molecular complexity index is 385. The number of halogens is 2. The first-order valence-corrected chi connectivity index (χ1v) is 6.87. The van der Waals surface area contributed by atoms with Gasteiger partial charge in [0.1, 0.15) is 5.82 Å². The van der Waals surface area contributed by atoms with E-state index in [0.29, 0.717) is 11.1 Å². The third-order valence-electron chi connectivity index (χ3n) is 2.83. The molecule has 0 aliphatic carbocycles. The van der Waals surface area contributed by atoms with Crippen LogP contribution in [0.15, 0.2) is 18.2 Å². The summed E-state index contributed by atoms with van der Waals surface area (Å²) in [5.74, 6) is -0.222. The van der Waals surface area contributed by atoms with Gasteiger partial charge in [-0.15, -0.1) is 0 Å². The van der Waals surface area contributed by atoms with Gasteiger partial charge in [0.25, 0.3) is 0 Å². The zero-order valence-corrected chi connectivity index (χ0v) is 12.4. The van der Waals surface area contributed by atoms with Crippen molar-refractivity contribution in [3.05, 3.63) is 34.6 Å². The predicted molar refractivity (Wildman–Crippen MR) is 76.7 cm³/mol. The zero-order valence-electron chi connectivity index (χ0n) is 11.7. The maximum atomic E-state index is 13.2. The van der Waals surface area contributed by atoms with Crippen LogP contribution < -0.4 is 5.32 Å². The van der Waals surface area contributed by atoms with Crippen LogP contribution in [0.1, 0.15) is 39.7 Å². The fourth-order valence-electron chi connectivity index (χ4n) is 2.21. The number of likely N-dealkylation sites (N-methyl/N-ethyl adjacent to an activating group) is 1. The van der Waals surface area contributed by atoms with Gasteiger partial charge >= 0.3 is 0 Å². The standard InChI is InChI=1S/C15H23ClFN/c1-5-18-13(10-15(2,3)4)9-11-8-12(17)6-7-14(11)16/h6-8,13,18H,5,9-10H2,1-4H3. The first kappa shape index (κ1) is 15.5. The molecule has 18 heavy (non-hydrogen) atoms. The Morgan fingerprint density at radius 1 is 1.33 bits per heavy atom.